The lowest BCUT2D eigenvalue weighted by Gasteiger charge is -2.25. The third-order valence-electron chi connectivity index (χ3n) is 4.72. The van der Waals surface area contributed by atoms with E-state index in [-0.39, 0.29) is 29.4 Å². The molecular formula is C17H19NO3. The van der Waals surface area contributed by atoms with Crippen LogP contribution in [0.3, 0.4) is 0 Å². The van der Waals surface area contributed by atoms with Crippen molar-refractivity contribution in [2.45, 2.75) is 33.1 Å². The van der Waals surface area contributed by atoms with E-state index in [1.54, 1.807) is 24.3 Å². The molecule has 0 N–H and O–H groups in total. The molecule has 2 amide bonds. The monoisotopic (exact) mass is 285 g/mol. The summed E-state index contributed by atoms with van der Waals surface area (Å²) in [6.07, 6.45) is 2.62. The van der Waals surface area contributed by atoms with Crippen molar-refractivity contribution in [3.05, 3.63) is 29.8 Å². The SMILES string of the molecule is CC(=O)c1ccc(N2C(=O)[C@@H]3CC[C@H](C)C[C@H]3C2=O)cc1. The number of carbonyl (C=O) groups is 3. The first-order valence-corrected chi connectivity index (χ1v) is 7.48. The fraction of sp³-hybridized carbons (Fsp3) is 0.471. The van der Waals surface area contributed by atoms with Crippen LogP contribution < -0.4 is 4.90 Å². The molecule has 1 saturated heterocycles. The van der Waals surface area contributed by atoms with E-state index in [4.69, 9.17) is 0 Å². The number of Topliss-reactive ketones (excluding diaryl/α,β-unsaturated/α-hetero) is 1. The zero-order chi connectivity index (χ0) is 15.1. The minimum Gasteiger partial charge on any atom is -0.295 e. The first-order valence-electron chi connectivity index (χ1n) is 7.48. The quantitative estimate of drug-likeness (QED) is 0.620. The van der Waals surface area contributed by atoms with E-state index in [0.29, 0.717) is 17.2 Å². The molecule has 4 nitrogen and oxygen atoms in total. The van der Waals surface area contributed by atoms with Crippen molar-refractivity contribution in [3.63, 3.8) is 0 Å². The molecule has 4 heteroatoms. The number of carbonyl (C=O) groups excluding carboxylic acids is 3. The highest BCUT2D eigenvalue weighted by Gasteiger charge is 2.49. The van der Waals surface area contributed by atoms with Gasteiger partial charge in [0.05, 0.1) is 17.5 Å². The summed E-state index contributed by atoms with van der Waals surface area (Å²) < 4.78 is 0. The average Bonchev–Trinajstić information content (AvgIpc) is 2.70. The zero-order valence-corrected chi connectivity index (χ0v) is 12.3. The number of rotatable bonds is 2. The Bertz CT molecular complexity index is 605. The molecule has 1 saturated carbocycles. The Hall–Kier alpha value is -1.97. The highest BCUT2D eigenvalue weighted by Crippen LogP contribution is 2.42. The fourth-order valence-electron chi connectivity index (χ4n) is 3.49. The average molecular weight is 285 g/mol. The number of amides is 2. The summed E-state index contributed by atoms with van der Waals surface area (Å²) in [5.74, 6) is 0.0145. The maximum Gasteiger partial charge on any atom is 0.237 e. The molecular weight excluding hydrogens is 266 g/mol. The smallest absolute Gasteiger partial charge is 0.237 e. The molecule has 0 unspecified atom stereocenters. The highest BCUT2D eigenvalue weighted by molar-refractivity contribution is 6.22. The number of benzene rings is 1. The molecule has 1 aromatic rings. The molecule has 0 radical (unpaired) electrons. The van der Waals surface area contributed by atoms with Gasteiger partial charge in [-0.1, -0.05) is 6.92 Å². The van der Waals surface area contributed by atoms with Crippen LogP contribution in [-0.4, -0.2) is 17.6 Å². The number of anilines is 1. The summed E-state index contributed by atoms with van der Waals surface area (Å²) in [5.41, 5.74) is 1.17. The predicted molar refractivity (Wildman–Crippen MR) is 78.9 cm³/mol. The van der Waals surface area contributed by atoms with Gasteiger partial charge in [-0.2, -0.15) is 0 Å². The van der Waals surface area contributed by atoms with Gasteiger partial charge < -0.3 is 0 Å². The second kappa shape index (κ2) is 5.10. The minimum absolute atomic E-state index is 0.0249. The van der Waals surface area contributed by atoms with Gasteiger partial charge in [-0.3, -0.25) is 19.3 Å². The Morgan fingerprint density at radius 1 is 1.05 bits per heavy atom. The molecule has 1 aliphatic carbocycles. The van der Waals surface area contributed by atoms with E-state index in [1.165, 1.54) is 11.8 Å². The van der Waals surface area contributed by atoms with E-state index >= 15 is 0 Å². The summed E-state index contributed by atoms with van der Waals surface area (Å²) >= 11 is 0. The van der Waals surface area contributed by atoms with Gasteiger partial charge in [-0.15, -0.1) is 0 Å². The Morgan fingerprint density at radius 2 is 1.67 bits per heavy atom. The third-order valence-corrected chi connectivity index (χ3v) is 4.72. The fourth-order valence-corrected chi connectivity index (χ4v) is 3.49. The topological polar surface area (TPSA) is 54.5 Å². The van der Waals surface area contributed by atoms with Crippen LogP contribution in [0.5, 0.6) is 0 Å². The Kier molecular flexibility index (Phi) is 3.40. The summed E-state index contributed by atoms with van der Waals surface area (Å²) in [5, 5.41) is 0. The van der Waals surface area contributed by atoms with Crippen molar-refractivity contribution >= 4 is 23.3 Å². The highest BCUT2D eigenvalue weighted by atomic mass is 16.2. The van der Waals surface area contributed by atoms with Crippen molar-refractivity contribution < 1.29 is 14.4 Å². The van der Waals surface area contributed by atoms with Crippen molar-refractivity contribution in [1.82, 2.24) is 0 Å². The van der Waals surface area contributed by atoms with Crippen molar-refractivity contribution in [1.29, 1.82) is 0 Å². The Morgan fingerprint density at radius 3 is 2.29 bits per heavy atom. The lowest BCUT2D eigenvalue weighted by atomic mass is 9.76. The summed E-state index contributed by atoms with van der Waals surface area (Å²) in [6.45, 7) is 3.63. The molecule has 3 atom stereocenters. The van der Waals surface area contributed by atoms with Crippen LogP contribution in [0.15, 0.2) is 24.3 Å². The van der Waals surface area contributed by atoms with E-state index in [9.17, 15) is 14.4 Å². The van der Waals surface area contributed by atoms with Gasteiger partial charge in [0.1, 0.15) is 0 Å². The molecule has 0 spiro atoms. The second-order valence-corrected chi connectivity index (χ2v) is 6.25. The van der Waals surface area contributed by atoms with Crippen LogP contribution >= 0.6 is 0 Å². The first kappa shape index (κ1) is 14.0. The maximum atomic E-state index is 12.6. The lowest BCUT2D eigenvalue weighted by molar-refractivity contribution is -0.122. The van der Waals surface area contributed by atoms with Gasteiger partial charge in [0, 0.05) is 5.56 Å². The number of hydrogen-bond acceptors (Lipinski definition) is 3. The molecule has 21 heavy (non-hydrogen) atoms. The van der Waals surface area contributed by atoms with Crippen LogP contribution in [0.1, 0.15) is 43.5 Å². The largest absolute Gasteiger partial charge is 0.295 e. The molecule has 3 rings (SSSR count). The van der Waals surface area contributed by atoms with Gasteiger partial charge in [0.2, 0.25) is 11.8 Å². The summed E-state index contributed by atoms with van der Waals surface area (Å²) in [6, 6.07) is 6.71. The lowest BCUT2D eigenvalue weighted by Crippen LogP contribution is -2.30. The second-order valence-electron chi connectivity index (χ2n) is 6.25. The number of ketones is 1. The molecule has 2 fully saturated rings. The maximum absolute atomic E-state index is 12.6. The number of fused-ring (bicyclic) bond motifs is 1. The number of hydrogen-bond donors (Lipinski definition) is 0. The van der Waals surface area contributed by atoms with Crippen molar-refractivity contribution in [2.75, 3.05) is 4.90 Å². The Labute approximate surface area is 124 Å². The number of nitrogens with zero attached hydrogens (tertiary/aromatic N) is 1. The van der Waals surface area contributed by atoms with Crippen molar-refractivity contribution in [3.8, 4) is 0 Å². The van der Waals surface area contributed by atoms with Gasteiger partial charge >= 0.3 is 0 Å². The Balaban J connectivity index is 1.90. The van der Waals surface area contributed by atoms with Crippen LogP contribution in [0.2, 0.25) is 0 Å². The molecule has 1 heterocycles. The summed E-state index contributed by atoms with van der Waals surface area (Å²) in [7, 11) is 0. The van der Waals surface area contributed by atoms with Crippen LogP contribution in [0.25, 0.3) is 0 Å². The molecule has 1 aliphatic heterocycles. The third kappa shape index (κ3) is 2.28. The van der Waals surface area contributed by atoms with Crippen molar-refractivity contribution in [2.24, 2.45) is 17.8 Å². The van der Waals surface area contributed by atoms with Crippen LogP contribution in [0, 0.1) is 17.8 Å². The first-order chi connectivity index (χ1) is 9.99. The van der Waals surface area contributed by atoms with Gasteiger partial charge in [-0.05, 0) is 56.4 Å². The normalized spacial score (nSPS) is 28.7. The van der Waals surface area contributed by atoms with E-state index < -0.39 is 0 Å². The minimum atomic E-state index is -0.159. The van der Waals surface area contributed by atoms with Gasteiger partial charge in [0.15, 0.2) is 5.78 Å². The van der Waals surface area contributed by atoms with E-state index in [1.807, 2.05) is 0 Å². The predicted octanol–water partition coefficient (Wildman–Crippen LogP) is 2.81. The number of imide groups is 1. The molecule has 0 bridgehead atoms. The van der Waals surface area contributed by atoms with E-state index in [0.717, 1.165) is 19.3 Å². The van der Waals surface area contributed by atoms with Gasteiger partial charge in [-0.25, -0.2) is 0 Å². The molecule has 2 aliphatic rings. The standard InChI is InChI=1S/C17H19NO3/c1-10-3-8-14-15(9-10)17(21)18(16(14)20)13-6-4-12(5-7-13)11(2)19/h4-7,10,14-15H,3,8-9H2,1-2H3/t10-,14+,15+/m0/s1. The van der Waals surface area contributed by atoms with Crippen LogP contribution in [0.4, 0.5) is 5.69 Å². The zero-order valence-electron chi connectivity index (χ0n) is 12.3. The summed E-state index contributed by atoms with van der Waals surface area (Å²) in [4.78, 5) is 37.7. The van der Waals surface area contributed by atoms with Crippen LogP contribution in [-0.2, 0) is 9.59 Å². The van der Waals surface area contributed by atoms with Gasteiger partial charge in [0.25, 0.3) is 0 Å². The van der Waals surface area contributed by atoms with E-state index in [2.05, 4.69) is 6.92 Å². The molecule has 1 aromatic carbocycles. The molecule has 110 valence electrons. The molecule has 0 aromatic heterocycles.